The van der Waals surface area contributed by atoms with Gasteiger partial charge in [-0.05, 0) is 30.3 Å². The van der Waals surface area contributed by atoms with Crippen molar-refractivity contribution in [2.45, 2.75) is 18.3 Å². The summed E-state index contributed by atoms with van der Waals surface area (Å²) in [5, 5.41) is 11.8. The molecule has 1 amide bonds. The Balaban J connectivity index is 1.62. The van der Waals surface area contributed by atoms with Crippen LogP contribution in [0.3, 0.4) is 0 Å². The lowest BCUT2D eigenvalue weighted by atomic mass is 10.3. The Labute approximate surface area is 188 Å². The van der Waals surface area contributed by atoms with E-state index in [0.717, 1.165) is 0 Å². The summed E-state index contributed by atoms with van der Waals surface area (Å²) in [4.78, 5) is 12.3. The molecule has 0 spiro atoms. The molecule has 0 bridgehead atoms. The van der Waals surface area contributed by atoms with Crippen LogP contribution in [0.2, 0.25) is 5.02 Å². The van der Waals surface area contributed by atoms with Gasteiger partial charge in [0.15, 0.2) is 11.0 Å². The minimum Gasteiger partial charge on any atom is -0.497 e. The number of rotatable bonds is 10. The maximum absolute atomic E-state index is 13.2. The van der Waals surface area contributed by atoms with Crippen molar-refractivity contribution in [1.29, 1.82) is 0 Å². The van der Waals surface area contributed by atoms with Gasteiger partial charge < -0.3 is 14.8 Å². The summed E-state index contributed by atoms with van der Waals surface area (Å²) >= 11 is 7.23. The highest BCUT2D eigenvalue weighted by Gasteiger charge is 2.15. The van der Waals surface area contributed by atoms with Crippen LogP contribution in [-0.2, 0) is 17.9 Å². The molecule has 0 aliphatic carbocycles. The molecule has 0 radical (unpaired) electrons. The number of carbonyl (C=O) groups excluding carboxylic acids is 1. The molecular weight excluding hydrogens is 443 g/mol. The average Bonchev–Trinajstić information content (AvgIpc) is 3.13. The second-order valence-electron chi connectivity index (χ2n) is 6.23. The molecule has 3 aromatic rings. The van der Waals surface area contributed by atoms with Crippen molar-refractivity contribution in [2.75, 3.05) is 18.2 Å². The molecule has 0 atom stereocenters. The number of methoxy groups -OCH3 is 1. The minimum absolute atomic E-state index is 0.0722. The van der Waals surface area contributed by atoms with E-state index in [4.69, 9.17) is 21.1 Å². The van der Waals surface area contributed by atoms with Crippen molar-refractivity contribution in [1.82, 2.24) is 14.8 Å². The summed E-state index contributed by atoms with van der Waals surface area (Å²) < 4.78 is 25.8. The van der Waals surface area contributed by atoms with Crippen LogP contribution in [0.15, 0.2) is 60.3 Å². The first-order valence-corrected chi connectivity index (χ1v) is 10.5. The highest BCUT2D eigenvalue weighted by Crippen LogP contribution is 2.26. The Morgan fingerprint density at radius 1 is 1.32 bits per heavy atom. The number of hydrogen-bond acceptors (Lipinski definition) is 6. The van der Waals surface area contributed by atoms with E-state index >= 15 is 0 Å². The van der Waals surface area contributed by atoms with Gasteiger partial charge in [-0.15, -0.1) is 16.8 Å². The van der Waals surface area contributed by atoms with Gasteiger partial charge in [-0.1, -0.05) is 35.5 Å². The van der Waals surface area contributed by atoms with Crippen molar-refractivity contribution in [2.24, 2.45) is 0 Å². The fourth-order valence-electron chi connectivity index (χ4n) is 2.61. The lowest BCUT2D eigenvalue weighted by Crippen LogP contribution is -2.15. The highest BCUT2D eigenvalue weighted by atomic mass is 35.5. The van der Waals surface area contributed by atoms with E-state index < -0.39 is 5.82 Å². The minimum atomic E-state index is -0.446. The quantitative estimate of drug-likeness (QED) is 0.351. The van der Waals surface area contributed by atoms with Crippen LogP contribution >= 0.6 is 23.4 Å². The second kappa shape index (κ2) is 10.8. The zero-order valence-corrected chi connectivity index (χ0v) is 18.3. The first-order chi connectivity index (χ1) is 15.0. The van der Waals surface area contributed by atoms with Crippen molar-refractivity contribution in [3.8, 4) is 11.5 Å². The Hall–Kier alpha value is -3.04. The van der Waals surface area contributed by atoms with Gasteiger partial charge in [0.2, 0.25) is 5.91 Å². The van der Waals surface area contributed by atoms with Crippen molar-refractivity contribution < 1.29 is 18.7 Å². The number of anilines is 1. The van der Waals surface area contributed by atoms with Gasteiger partial charge >= 0.3 is 0 Å². The molecule has 0 unspecified atom stereocenters. The molecule has 0 saturated carbocycles. The molecule has 7 nitrogen and oxygen atoms in total. The summed E-state index contributed by atoms with van der Waals surface area (Å²) in [6.45, 7) is 4.25. The Kier molecular flexibility index (Phi) is 7.91. The second-order valence-corrected chi connectivity index (χ2v) is 7.58. The van der Waals surface area contributed by atoms with E-state index in [1.54, 1.807) is 42.0 Å². The zero-order valence-electron chi connectivity index (χ0n) is 16.7. The number of nitrogens with one attached hydrogen (secondary N) is 1. The summed E-state index contributed by atoms with van der Waals surface area (Å²) in [5.74, 6) is 1.01. The Morgan fingerprint density at radius 2 is 2.16 bits per heavy atom. The summed E-state index contributed by atoms with van der Waals surface area (Å²) in [5.41, 5.74) is 0.641. The van der Waals surface area contributed by atoms with Gasteiger partial charge in [-0.25, -0.2) is 4.39 Å². The van der Waals surface area contributed by atoms with Gasteiger partial charge in [0.05, 0.1) is 17.9 Å². The van der Waals surface area contributed by atoms with E-state index in [1.807, 2.05) is 0 Å². The Morgan fingerprint density at radius 3 is 2.90 bits per heavy atom. The van der Waals surface area contributed by atoms with Crippen LogP contribution in [0.5, 0.6) is 11.5 Å². The third-order valence-corrected chi connectivity index (χ3v) is 5.30. The maximum atomic E-state index is 13.2. The largest absolute Gasteiger partial charge is 0.497 e. The van der Waals surface area contributed by atoms with Crippen LogP contribution in [0, 0.1) is 5.82 Å². The van der Waals surface area contributed by atoms with Crippen molar-refractivity contribution >= 4 is 35.0 Å². The molecular formula is C21H20ClFN4O3S. The predicted octanol–water partition coefficient (Wildman–Crippen LogP) is 4.58. The lowest BCUT2D eigenvalue weighted by Gasteiger charge is -2.10. The summed E-state index contributed by atoms with van der Waals surface area (Å²) in [6, 6.07) is 11.0. The van der Waals surface area contributed by atoms with Crippen LogP contribution in [0.25, 0.3) is 0 Å². The molecule has 1 N–H and O–H groups in total. The first-order valence-electron chi connectivity index (χ1n) is 9.17. The first kappa shape index (κ1) is 22.6. The molecule has 162 valence electrons. The van der Waals surface area contributed by atoms with Crippen molar-refractivity contribution in [3.63, 3.8) is 0 Å². The average molecular weight is 463 g/mol. The molecule has 1 heterocycles. The number of amides is 1. The molecule has 31 heavy (non-hydrogen) atoms. The monoisotopic (exact) mass is 462 g/mol. The van der Waals surface area contributed by atoms with Crippen molar-refractivity contribution in [3.05, 3.63) is 71.8 Å². The molecule has 10 heteroatoms. The van der Waals surface area contributed by atoms with E-state index in [9.17, 15) is 9.18 Å². The number of allylic oxidation sites excluding steroid dienone is 1. The molecule has 0 aliphatic rings. The Bertz CT molecular complexity index is 1080. The molecule has 0 fully saturated rings. The fourth-order valence-corrected chi connectivity index (χ4v) is 3.60. The number of hydrogen-bond donors (Lipinski definition) is 1. The van der Waals surface area contributed by atoms with Crippen LogP contribution in [-0.4, -0.2) is 33.5 Å². The van der Waals surface area contributed by atoms with E-state index in [2.05, 4.69) is 22.1 Å². The van der Waals surface area contributed by atoms with Crippen LogP contribution < -0.4 is 14.8 Å². The van der Waals surface area contributed by atoms with Gasteiger partial charge in [0.25, 0.3) is 0 Å². The predicted molar refractivity (Wildman–Crippen MR) is 118 cm³/mol. The molecule has 3 rings (SSSR count). The topological polar surface area (TPSA) is 78.3 Å². The normalized spacial score (nSPS) is 10.5. The third kappa shape index (κ3) is 6.22. The smallest absolute Gasteiger partial charge is 0.234 e. The number of halogens is 2. The molecule has 2 aromatic carbocycles. The van der Waals surface area contributed by atoms with Crippen LogP contribution in [0.4, 0.5) is 10.1 Å². The molecule has 1 aromatic heterocycles. The summed E-state index contributed by atoms with van der Waals surface area (Å²) in [7, 11) is 1.56. The number of aromatic nitrogens is 3. The van der Waals surface area contributed by atoms with Crippen LogP contribution in [0.1, 0.15) is 5.82 Å². The zero-order chi connectivity index (χ0) is 22.2. The van der Waals surface area contributed by atoms with Gasteiger partial charge in [-0.3, -0.25) is 9.36 Å². The van der Waals surface area contributed by atoms with Gasteiger partial charge in [0, 0.05) is 18.3 Å². The van der Waals surface area contributed by atoms with Gasteiger partial charge in [-0.2, -0.15) is 0 Å². The van der Waals surface area contributed by atoms with E-state index in [-0.39, 0.29) is 23.3 Å². The van der Waals surface area contributed by atoms with E-state index in [0.29, 0.717) is 34.7 Å². The van der Waals surface area contributed by atoms with E-state index in [1.165, 1.54) is 30.0 Å². The SMILES string of the molecule is C=CCn1c(COc2ccc(F)cc2Cl)nnc1SCC(=O)Nc1cccc(OC)c1. The number of ether oxygens (including phenoxy) is 2. The number of benzene rings is 2. The standard InChI is InChI=1S/C21H20ClFN4O3S/c1-3-9-27-19(12-30-18-8-7-14(23)10-17(18)22)25-26-21(27)31-13-20(28)24-15-5-4-6-16(11-15)29-2/h3-8,10-11H,1,9,12-13H2,2H3,(H,24,28). The highest BCUT2D eigenvalue weighted by molar-refractivity contribution is 7.99. The third-order valence-electron chi connectivity index (χ3n) is 4.04. The number of nitrogens with zero attached hydrogens (tertiary/aromatic N) is 3. The summed E-state index contributed by atoms with van der Waals surface area (Å²) in [6.07, 6.45) is 1.69. The maximum Gasteiger partial charge on any atom is 0.234 e. The molecule has 0 aliphatic heterocycles. The lowest BCUT2D eigenvalue weighted by molar-refractivity contribution is -0.113. The number of thioether (sulfide) groups is 1. The van der Waals surface area contributed by atoms with Gasteiger partial charge in [0.1, 0.15) is 23.9 Å². The fraction of sp³-hybridized carbons (Fsp3) is 0.190. The number of carbonyl (C=O) groups is 1. The molecule has 0 saturated heterocycles.